The fourth-order valence-electron chi connectivity index (χ4n) is 3.24. The maximum atomic E-state index is 12.7. The van der Waals surface area contributed by atoms with Gasteiger partial charge in [0.15, 0.2) is 0 Å². The minimum Gasteiger partial charge on any atom is -0.492 e. The Bertz CT molecular complexity index is 936. The molecule has 6 nitrogen and oxygen atoms in total. The Kier molecular flexibility index (Phi) is 3.68. The highest BCUT2D eigenvalue weighted by Gasteiger charge is 2.44. The average Bonchev–Trinajstić information content (AvgIpc) is 3.24. The van der Waals surface area contributed by atoms with E-state index in [1.807, 2.05) is 6.07 Å². The van der Waals surface area contributed by atoms with Gasteiger partial charge in [0.1, 0.15) is 10.6 Å². The standard InChI is InChI=1S/C18H17NO5S/c20-18(21)15-10-14(15)11-4-6-13(7-5-11)19-25(22,23)16-3-1-2-12-8-9-24-17(12)16/h1-7,14-15,19H,8-10H2,(H,20,21)/t14-,15+/m0/s1. The normalized spacial score (nSPS) is 21.3. The van der Waals surface area contributed by atoms with Crippen molar-refractivity contribution in [2.75, 3.05) is 11.3 Å². The second-order valence-corrected chi connectivity index (χ2v) is 8.01. The van der Waals surface area contributed by atoms with Crippen LogP contribution >= 0.6 is 0 Å². The van der Waals surface area contributed by atoms with E-state index < -0.39 is 16.0 Å². The van der Waals surface area contributed by atoms with Crippen LogP contribution in [-0.4, -0.2) is 26.1 Å². The number of nitrogens with one attached hydrogen (secondary N) is 1. The number of carboxylic acids is 1. The van der Waals surface area contributed by atoms with Gasteiger partial charge in [0.05, 0.1) is 12.5 Å². The van der Waals surface area contributed by atoms with Gasteiger partial charge in [-0.15, -0.1) is 0 Å². The lowest BCUT2D eigenvalue weighted by Gasteiger charge is -2.11. The number of anilines is 1. The Morgan fingerprint density at radius 1 is 1.16 bits per heavy atom. The predicted octanol–water partition coefficient (Wildman–Crippen LogP) is 2.61. The molecule has 4 rings (SSSR count). The summed E-state index contributed by atoms with van der Waals surface area (Å²) in [5.74, 6) is -0.665. The third-order valence-electron chi connectivity index (χ3n) is 4.67. The van der Waals surface area contributed by atoms with Crippen LogP contribution in [0.5, 0.6) is 5.75 Å². The number of carbonyl (C=O) groups is 1. The van der Waals surface area contributed by atoms with E-state index in [4.69, 9.17) is 9.84 Å². The van der Waals surface area contributed by atoms with Gasteiger partial charge in [0.2, 0.25) is 0 Å². The highest BCUT2D eigenvalue weighted by molar-refractivity contribution is 7.92. The molecule has 2 N–H and O–H groups in total. The highest BCUT2D eigenvalue weighted by Crippen LogP contribution is 2.47. The van der Waals surface area contributed by atoms with Crippen LogP contribution in [0.2, 0.25) is 0 Å². The number of benzene rings is 2. The quantitative estimate of drug-likeness (QED) is 0.856. The molecule has 1 aliphatic heterocycles. The van der Waals surface area contributed by atoms with Crippen molar-refractivity contribution < 1.29 is 23.1 Å². The first kappa shape index (κ1) is 16.0. The molecule has 0 amide bonds. The molecule has 2 atom stereocenters. The SMILES string of the molecule is O=C(O)[C@@H]1C[C@H]1c1ccc(NS(=O)(=O)c2cccc3c2OCC3)cc1. The van der Waals surface area contributed by atoms with Crippen LogP contribution in [0.25, 0.3) is 0 Å². The number of fused-ring (bicyclic) bond motifs is 1. The smallest absolute Gasteiger partial charge is 0.307 e. The van der Waals surface area contributed by atoms with E-state index in [0.717, 1.165) is 11.1 Å². The summed E-state index contributed by atoms with van der Waals surface area (Å²) < 4.78 is 33.4. The lowest BCUT2D eigenvalue weighted by atomic mass is 10.1. The third kappa shape index (κ3) is 2.95. The van der Waals surface area contributed by atoms with Gasteiger partial charge in [-0.1, -0.05) is 24.3 Å². The topological polar surface area (TPSA) is 92.7 Å². The van der Waals surface area contributed by atoms with Gasteiger partial charge in [-0.25, -0.2) is 8.42 Å². The Morgan fingerprint density at radius 3 is 2.60 bits per heavy atom. The molecule has 130 valence electrons. The fraction of sp³-hybridized carbons (Fsp3) is 0.278. The molecule has 2 aromatic rings. The maximum Gasteiger partial charge on any atom is 0.307 e. The van der Waals surface area contributed by atoms with Gasteiger partial charge in [0, 0.05) is 12.1 Å². The average molecular weight is 359 g/mol. The summed E-state index contributed by atoms with van der Waals surface area (Å²) in [6, 6.07) is 12.0. The largest absolute Gasteiger partial charge is 0.492 e. The monoisotopic (exact) mass is 359 g/mol. The summed E-state index contributed by atoms with van der Waals surface area (Å²) in [7, 11) is -3.75. The zero-order chi connectivity index (χ0) is 17.6. The first-order valence-electron chi connectivity index (χ1n) is 8.06. The number of aliphatic carboxylic acids is 1. The summed E-state index contributed by atoms with van der Waals surface area (Å²) >= 11 is 0. The summed E-state index contributed by atoms with van der Waals surface area (Å²) in [5, 5.41) is 8.99. The summed E-state index contributed by atoms with van der Waals surface area (Å²) in [6.45, 7) is 0.489. The molecular formula is C18H17NO5S. The van der Waals surface area contributed by atoms with Crippen molar-refractivity contribution in [2.45, 2.75) is 23.7 Å². The summed E-state index contributed by atoms with van der Waals surface area (Å²) in [6.07, 6.45) is 1.34. The third-order valence-corrected chi connectivity index (χ3v) is 6.07. The lowest BCUT2D eigenvalue weighted by molar-refractivity contribution is -0.138. The van der Waals surface area contributed by atoms with Crippen molar-refractivity contribution >= 4 is 21.7 Å². The Morgan fingerprint density at radius 2 is 1.92 bits per heavy atom. The van der Waals surface area contributed by atoms with Crippen molar-refractivity contribution in [3.8, 4) is 5.75 Å². The minimum absolute atomic E-state index is 0.0222. The van der Waals surface area contributed by atoms with Crippen LogP contribution in [0.3, 0.4) is 0 Å². The lowest BCUT2D eigenvalue weighted by Crippen LogP contribution is -2.14. The van der Waals surface area contributed by atoms with E-state index in [1.165, 1.54) is 6.07 Å². The van der Waals surface area contributed by atoms with E-state index in [0.29, 0.717) is 30.9 Å². The molecule has 1 saturated carbocycles. The number of rotatable bonds is 5. The van der Waals surface area contributed by atoms with Crippen LogP contribution in [0.15, 0.2) is 47.4 Å². The Hall–Kier alpha value is -2.54. The molecule has 0 unspecified atom stereocenters. The molecule has 0 spiro atoms. The maximum absolute atomic E-state index is 12.7. The van der Waals surface area contributed by atoms with Crippen molar-refractivity contribution in [3.05, 3.63) is 53.6 Å². The molecule has 7 heteroatoms. The molecule has 2 aromatic carbocycles. The van der Waals surface area contributed by atoms with Gasteiger partial charge in [-0.2, -0.15) is 0 Å². The van der Waals surface area contributed by atoms with Crippen LogP contribution in [0.1, 0.15) is 23.5 Å². The van der Waals surface area contributed by atoms with Crippen molar-refractivity contribution in [2.24, 2.45) is 5.92 Å². The van der Waals surface area contributed by atoms with Gasteiger partial charge < -0.3 is 9.84 Å². The van der Waals surface area contributed by atoms with Gasteiger partial charge >= 0.3 is 5.97 Å². The fourth-order valence-corrected chi connectivity index (χ4v) is 4.49. The van der Waals surface area contributed by atoms with E-state index in [2.05, 4.69) is 4.72 Å². The molecular weight excluding hydrogens is 342 g/mol. The van der Waals surface area contributed by atoms with Crippen molar-refractivity contribution in [3.63, 3.8) is 0 Å². The first-order valence-corrected chi connectivity index (χ1v) is 9.54. The molecule has 1 fully saturated rings. The molecule has 25 heavy (non-hydrogen) atoms. The van der Waals surface area contributed by atoms with Gasteiger partial charge in [-0.3, -0.25) is 9.52 Å². The molecule has 1 aliphatic carbocycles. The van der Waals surface area contributed by atoms with E-state index in [1.54, 1.807) is 30.3 Å². The Balaban J connectivity index is 1.54. The number of carboxylic acid groups (broad SMARTS) is 1. The summed E-state index contributed by atoms with van der Waals surface area (Å²) in [4.78, 5) is 11.1. The predicted molar refractivity (Wildman–Crippen MR) is 91.4 cm³/mol. The minimum atomic E-state index is -3.75. The zero-order valence-electron chi connectivity index (χ0n) is 13.3. The summed E-state index contributed by atoms with van der Waals surface area (Å²) in [5.41, 5.74) is 2.25. The number of para-hydroxylation sites is 1. The molecule has 2 aliphatic rings. The number of ether oxygens (including phenoxy) is 1. The number of hydrogen-bond donors (Lipinski definition) is 2. The first-order chi connectivity index (χ1) is 12.0. The van der Waals surface area contributed by atoms with E-state index in [-0.39, 0.29) is 16.7 Å². The van der Waals surface area contributed by atoms with Crippen molar-refractivity contribution in [1.82, 2.24) is 0 Å². The molecule has 0 bridgehead atoms. The van der Waals surface area contributed by atoms with Gasteiger partial charge in [-0.05, 0) is 41.7 Å². The van der Waals surface area contributed by atoms with Gasteiger partial charge in [0.25, 0.3) is 10.0 Å². The molecule has 0 saturated heterocycles. The van der Waals surface area contributed by atoms with Crippen LogP contribution in [0.4, 0.5) is 5.69 Å². The molecule has 0 radical (unpaired) electrons. The zero-order valence-corrected chi connectivity index (χ0v) is 14.1. The van der Waals surface area contributed by atoms with Crippen molar-refractivity contribution in [1.29, 1.82) is 0 Å². The van der Waals surface area contributed by atoms with E-state index >= 15 is 0 Å². The molecule has 1 heterocycles. The Labute approximate surface area is 145 Å². The van der Waals surface area contributed by atoms with E-state index in [9.17, 15) is 13.2 Å². The molecule has 0 aromatic heterocycles. The number of hydrogen-bond acceptors (Lipinski definition) is 4. The van der Waals surface area contributed by atoms with Crippen LogP contribution in [0, 0.1) is 5.92 Å². The highest BCUT2D eigenvalue weighted by atomic mass is 32.2. The second kappa shape index (κ2) is 5.77. The second-order valence-electron chi connectivity index (χ2n) is 6.36. The van der Waals surface area contributed by atoms with Crippen LogP contribution < -0.4 is 9.46 Å². The number of sulfonamides is 1. The van der Waals surface area contributed by atoms with Crippen LogP contribution in [-0.2, 0) is 21.2 Å².